The van der Waals surface area contributed by atoms with Crippen molar-refractivity contribution in [3.8, 4) is 0 Å². The van der Waals surface area contributed by atoms with Gasteiger partial charge in [0, 0.05) is 6.42 Å². The van der Waals surface area contributed by atoms with Crippen LogP contribution in [-0.4, -0.2) is 46.8 Å². The summed E-state index contributed by atoms with van der Waals surface area (Å²) in [4.78, 5) is 0. The van der Waals surface area contributed by atoms with Gasteiger partial charge in [0.25, 0.3) is 0 Å². The summed E-state index contributed by atoms with van der Waals surface area (Å²) in [5.41, 5.74) is -0.424. The Bertz CT molecular complexity index is 812. The van der Waals surface area contributed by atoms with Gasteiger partial charge in [-0.1, -0.05) is 29.8 Å². The Morgan fingerprint density at radius 3 is 1.47 bits per heavy atom. The van der Waals surface area contributed by atoms with E-state index in [1.165, 1.54) is 13.0 Å². The monoisotopic (exact) mass is 504 g/mol. The standard InChI is InChI=1S/C16H11F15O/c1-7-3-2-4-8(5-7)9(32)6-10(17,18)11(19,20)12(21,22)13(23,24)14(25,26)15(27,28)16(29,30)31/h2-5,9,32H,6H2,1H3. The van der Waals surface area contributed by atoms with Crippen molar-refractivity contribution in [2.45, 2.75) is 61.2 Å². The first-order valence-corrected chi connectivity index (χ1v) is 7.96. The highest BCUT2D eigenvalue weighted by molar-refractivity contribution is 5.24. The first-order chi connectivity index (χ1) is 13.9. The minimum atomic E-state index is -8.33. The van der Waals surface area contributed by atoms with Crippen molar-refractivity contribution in [3.05, 3.63) is 35.4 Å². The maximum absolute atomic E-state index is 13.8. The molecule has 0 aliphatic heterocycles. The molecular weight excluding hydrogens is 493 g/mol. The number of hydrogen-bond acceptors (Lipinski definition) is 1. The molecule has 0 amide bonds. The molecule has 0 spiro atoms. The van der Waals surface area contributed by atoms with E-state index in [0.29, 0.717) is 0 Å². The SMILES string of the molecule is Cc1cccc(C(O)CC(F)(F)C(F)(F)C(F)(F)C(F)(F)C(F)(F)C(F)(F)C(F)(F)F)c1. The van der Waals surface area contributed by atoms with Crippen molar-refractivity contribution in [1.82, 2.24) is 0 Å². The molecule has 0 heterocycles. The van der Waals surface area contributed by atoms with Crippen LogP contribution in [0.2, 0.25) is 0 Å². The molecule has 1 N–H and O–H groups in total. The molecule has 0 aliphatic carbocycles. The maximum atomic E-state index is 13.8. The van der Waals surface area contributed by atoms with Crippen LogP contribution in [0, 0.1) is 6.92 Å². The second-order valence-electron chi connectivity index (χ2n) is 6.71. The predicted molar refractivity (Wildman–Crippen MR) is 76.5 cm³/mol. The normalized spacial score (nSPS) is 16.3. The van der Waals surface area contributed by atoms with Crippen LogP contribution >= 0.6 is 0 Å². The van der Waals surface area contributed by atoms with E-state index < -0.39 is 59.8 Å². The summed E-state index contributed by atoms with van der Waals surface area (Å²) in [6.45, 7) is 1.29. The minimum absolute atomic E-state index is 0.211. The van der Waals surface area contributed by atoms with Gasteiger partial charge in [0.2, 0.25) is 0 Å². The van der Waals surface area contributed by atoms with Crippen LogP contribution in [0.5, 0.6) is 0 Å². The molecular formula is C16H11F15O. The van der Waals surface area contributed by atoms with Crippen LogP contribution < -0.4 is 0 Å². The van der Waals surface area contributed by atoms with Crippen LogP contribution in [0.1, 0.15) is 23.7 Å². The van der Waals surface area contributed by atoms with E-state index in [0.717, 1.165) is 18.2 Å². The van der Waals surface area contributed by atoms with Crippen molar-refractivity contribution in [1.29, 1.82) is 0 Å². The molecule has 32 heavy (non-hydrogen) atoms. The molecule has 0 bridgehead atoms. The molecule has 1 rings (SSSR count). The van der Waals surface area contributed by atoms with Gasteiger partial charge in [0.1, 0.15) is 0 Å². The van der Waals surface area contributed by atoms with Crippen LogP contribution in [0.4, 0.5) is 65.9 Å². The Morgan fingerprint density at radius 1 is 0.656 bits per heavy atom. The molecule has 0 saturated heterocycles. The molecule has 0 aromatic heterocycles. The van der Waals surface area contributed by atoms with Gasteiger partial charge >= 0.3 is 41.7 Å². The Labute approximate surface area is 168 Å². The first-order valence-electron chi connectivity index (χ1n) is 7.96. The van der Waals surface area contributed by atoms with E-state index in [1.807, 2.05) is 0 Å². The number of aliphatic hydroxyl groups excluding tert-OH is 1. The zero-order chi connectivity index (χ0) is 25.8. The Kier molecular flexibility index (Phi) is 6.92. The summed E-state index contributed by atoms with van der Waals surface area (Å²) in [5, 5.41) is 9.55. The second kappa shape index (κ2) is 7.87. The molecule has 0 aliphatic rings. The highest BCUT2D eigenvalue weighted by Gasteiger charge is 2.93. The fourth-order valence-electron chi connectivity index (χ4n) is 2.37. The Balaban J connectivity index is 3.45. The topological polar surface area (TPSA) is 20.2 Å². The van der Waals surface area contributed by atoms with Crippen molar-refractivity contribution in [2.75, 3.05) is 0 Å². The lowest BCUT2D eigenvalue weighted by Crippen LogP contribution is -2.72. The van der Waals surface area contributed by atoms with Gasteiger partial charge < -0.3 is 5.11 Å². The highest BCUT2D eigenvalue weighted by atomic mass is 19.4. The molecule has 1 nitrogen and oxygen atoms in total. The van der Waals surface area contributed by atoms with Gasteiger partial charge in [-0.05, 0) is 12.5 Å². The van der Waals surface area contributed by atoms with Crippen LogP contribution in [-0.2, 0) is 0 Å². The summed E-state index contributed by atoms with van der Waals surface area (Å²) in [6, 6.07) is 4.02. The van der Waals surface area contributed by atoms with E-state index in [1.54, 1.807) is 0 Å². The molecule has 1 unspecified atom stereocenters. The number of halogens is 15. The van der Waals surface area contributed by atoms with Gasteiger partial charge in [-0.25, -0.2) is 0 Å². The largest absolute Gasteiger partial charge is 0.460 e. The summed E-state index contributed by atoms with van der Waals surface area (Å²) in [6.07, 6.45) is -13.2. The first kappa shape index (κ1) is 28.2. The lowest BCUT2D eigenvalue weighted by Gasteiger charge is -2.41. The van der Waals surface area contributed by atoms with Crippen LogP contribution in [0.25, 0.3) is 0 Å². The summed E-state index contributed by atoms with van der Waals surface area (Å²) < 4.78 is 197. The number of aryl methyl sites for hydroxylation is 1. The third-order valence-corrected chi connectivity index (χ3v) is 4.27. The van der Waals surface area contributed by atoms with E-state index in [9.17, 15) is 71.0 Å². The fraction of sp³-hybridized carbons (Fsp3) is 0.625. The van der Waals surface area contributed by atoms with Crippen molar-refractivity contribution in [2.24, 2.45) is 0 Å². The highest BCUT2D eigenvalue weighted by Crippen LogP contribution is 2.63. The van der Waals surface area contributed by atoms with Crippen molar-refractivity contribution < 1.29 is 71.0 Å². The van der Waals surface area contributed by atoms with Gasteiger partial charge in [0.05, 0.1) is 6.10 Å². The number of hydrogen-bond donors (Lipinski definition) is 1. The van der Waals surface area contributed by atoms with Crippen LogP contribution in [0.15, 0.2) is 24.3 Å². The smallest absolute Gasteiger partial charge is 0.388 e. The average Bonchev–Trinajstić information content (AvgIpc) is 2.59. The lowest BCUT2D eigenvalue weighted by molar-refractivity contribution is -0.453. The summed E-state index contributed by atoms with van der Waals surface area (Å²) >= 11 is 0. The molecule has 1 atom stereocenters. The van der Waals surface area contributed by atoms with Crippen molar-refractivity contribution >= 4 is 0 Å². The van der Waals surface area contributed by atoms with Gasteiger partial charge in [-0.3, -0.25) is 0 Å². The molecule has 16 heteroatoms. The zero-order valence-electron chi connectivity index (χ0n) is 15.2. The number of rotatable bonds is 8. The third-order valence-electron chi connectivity index (χ3n) is 4.27. The summed E-state index contributed by atoms with van der Waals surface area (Å²) in [7, 11) is 0. The van der Waals surface area contributed by atoms with E-state index >= 15 is 0 Å². The number of benzene rings is 1. The van der Waals surface area contributed by atoms with E-state index in [-0.39, 0.29) is 5.56 Å². The molecule has 186 valence electrons. The molecule has 0 fully saturated rings. The van der Waals surface area contributed by atoms with Gasteiger partial charge in [-0.15, -0.1) is 0 Å². The quantitative estimate of drug-likeness (QED) is 0.387. The lowest BCUT2D eigenvalue weighted by atomic mass is 9.88. The maximum Gasteiger partial charge on any atom is 0.460 e. The minimum Gasteiger partial charge on any atom is -0.388 e. The van der Waals surface area contributed by atoms with Crippen LogP contribution in [0.3, 0.4) is 0 Å². The number of aliphatic hydroxyl groups is 1. The van der Waals surface area contributed by atoms with Crippen molar-refractivity contribution in [3.63, 3.8) is 0 Å². The number of alkyl halides is 15. The zero-order valence-corrected chi connectivity index (χ0v) is 15.2. The third kappa shape index (κ3) is 4.09. The van der Waals surface area contributed by atoms with Gasteiger partial charge in [0.15, 0.2) is 0 Å². The molecule has 1 aromatic rings. The average molecular weight is 504 g/mol. The summed E-state index contributed by atoms with van der Waals surface area (Å²) in [5.74, 6) is -46.9. The predicted octanol–water partition coefficient (Wildman–Crippen LogP) is 6.79. The fourth-order valence-corrected chi connectivity index (χ4v) is 2.37. The Morgan fingerprint density at radius 2 is 1.06 bits per heavy atom. The van der Waals surface area contributed by atoms with E-state index in [4.69, 9.17) is 0 Å². The molecule has 0 saturated carbocycles. The van der Waals surface area contributed by atoms with E-state index in [2.05, 4.69) is 0 Å². The Hall–Kier alpha value is -1.87. The van der Waals surface area contributed by atoms with Gasteiger partial charge in [-0.2, -0.15) is 65.9 Å². The molecule has 1 aromatic carbocycles. The molecule has 0 radical (unpaired) electrons. The second-order valence-corrected chi connectivity index (χ2v) is 6.71.